The van der Waals surface area contributed by atoms with Gasteiger partial charge in [-0.05, 0) is 63.5 Å². The molecule has 0 saturated heterocycles. The summed E-state index contributed by atoms with van der Waals surface area (Å²) in [5, 5.41) is 21.6. The lowest BCUT2D eigenvalue weighted by Crippen LogP contribution is -2.20. The Kier molecular flexibility index (Phi) is 10.5. The topological polar surface area (TPSA) is 61.7 Å². The van der Waals surface area contributed by atoms with Gasteiger partial charge in [-0.25, -0.2) is 0 Å². The number of ether oxygens (including phenoxy) is 1. The minimum Gasteiger partial charge on any atom is -0.508 e. The molecule has 0 aliphatic heterocycles. The van der Waals surface area contributed by atoms with Crippen LogP contribution in [0.1, 0.15) is 51.9 Å². The zero-order chi connectivity index (χ0) is 16.0. The predicted octanol–water partition coefficient (Wildman–Crippen LogP) is 3.47. The van der Waals surface area contributed by atoms with Gasteiger partial charge in [0.2, 0.25) is 0 Å². The van der Waals surface area contributed by atoms with Crippen LogP contribution in [0.5, 0.6) is 11.5 Å². The molecule has 0 fully saturated rings. The maximum atomic E-state index is 9.17. The third-order valence-electron chi connectivity index (χ3n) is 3.59. The van der Waals surface area contributed by atoms with E-state index in [9.17, 15) is 0 Å². The molecule has 1 atom stereocenters. The molecule has 4 nitrogen and oxygen atoms in total. The second-order valence-electron chi connectivity index (χ2n) is 5.85. The van der Waals surface area contributed by atoms with Gasteiger partial charge in [-0.2, -0.15) is 0 Å². The molecular formula is C18H31NO3. The molecule has 0 bridgehead atoms. The molecule has 0 aliphatic carbocycles. The van der Waals surface area contributed by atoms with Gasteiger partial charge in [0, 0.05) is 0 Å². The minimum atomic E-state index is -0.198. The van der Waals surface area contributed by atoms with Crippen LogP contribution in [-0.4, -0.2) is 36.0 Å². The molecule has 4 heteroatoms. The van der Waals surface area contributed by atoms with Crippen molar-refractivity contribution in [3.63, 3.8) is 0 Å². The summed E-state index contributed by atoms with van der Waals surface area (Å²) in [6, 6.07) is 6.87. The van der Waals surface area contributed by atoms with Crippen LogP contribution < -0.4 is 10.1 Å². The van der Waals surface area contributed by atoms with Gasteiger partial charge < -0.3 is 20.3 Å². The van der Waals surface area contributed by atoms with Crippen LogP contribution in [0.4, 0.5) is 0 Å². The molecule has 1 aromatic rings. The van der Waals surface area contributed by atoms with Gasteiger partial charge in [0.1, 0.15) is 11.5 Å². The smallest absolute Gasteiger partial charge is 0.119 e. The number of aromatic hydroxyl groups is 1. The highest BCUT2D eigenvalue weighted by atomic mass is 16.5. The lowest BCUT2D eigenvalue weighted by Gasteiger charge is -2.07. The standard InChI is InChI=1S/C18H31NO3/c1-16(20)12-14-19-13-6-4-2-3-5-7-15-22-18-10-8-17(21)9-11-18/h8-11,16,19-21H,2-7,12-15H2,1H3. The molecule has 1 unspecified atom stereocenters. The van der Waals surface area contributed by atoms with E-state index in [1.54, 1.807) is 24.3 Å². The van der Waals surface area contributed by atoms with Crippen molar-refractivity contribution in [2.24, 2.45) is 0 Å². The largest absolute Gasteiger partial charge is 0.508 e. The highest BCUT2D eigenvalue weighted by Crippen LogP contribution is 2.16. The molecule has 3 N–H and O–H groups in total. The number of phenolic OH excluding ortho intramolecular Hbond substituents is 1. The van der Waals surface area contributed by atoms with Crippen molar-refractivity contribution in [1.82, 2.24) is 5.32 Å². The molecule has 22 heavy (non-hydrogen) atoms. The number of unbranched alkanes of at least 4 members (excludes halogenated alkanes) is 5. The number of benzene rings is 1. The molecule has 0 saturated carbocycles. The van der Waals surface area contributed by atoms with Crippen molar-refractivity contribution in [2.75, 3.05) is 19.7 Å². The monoisotopic (exact) mass is 309 g/mol. The van der Waals surface area contributed by atoms with E-state index in [1.807, 2.05) is 6.92 Å². The minimum absolute atomic E-state index is 0.198. The molecule has 0 heterocycles. The predicted molar refractivity (Wildman–Crippen MR) is 90.5 cm³/mol. The zero-order valence-corrected chi connectivity index (χ0v) is 13.8. The number of nitrogens with one attached hydrogen (secondary N) is 1. The molecule has 126 valence electrons. The first-order valence-electron chi connectivity index (χ1n) is 8.49. The first-order valence-corrected chi connectivity index (χ1v) is 8.49. The van der Waals surface area contributed by atoms with Crippen LogP contribution in [0.3, 0.4) is 0 Å². The Morgan fingerprint density at radius 2 is 1.59 bits per heavy atom. The normalized spacial score (nSPS) is 12.3. The van der Waals surface area contributed by atoms with Gasteiger partial charge in [0.25, 0.3) is 0 Å². The van der Waals surface area contributed by atoms with E-state index in [1.165, 1.54) is 32.1 Å². The van der Waals surface area contributed by atoms with Crippen molar-refractivity contribution >= 4 is 0 Å². The second kappa shape index (κ2) is 12.3. The SMILES string of the molecule is CC(O)CCNCCCCCCCCOc1ccc(O)cc1. The summed E-state index contributed by atoms with van der Waals surface area (Å²) in [6.07, 6.45) is 7.92. The molecule has 0 spiro atoms. The number of phenols is 1. The summed E-state index contributed by atoms with van der Waals surface area (Å²) in [7, 11) is 0. The van der Waals surface area contributed by atoms with E-state index in [-0.39, 0.29) is 11.9 Å². The van der Waals surface area contributed by atoms with Gasteiger partial charge in [-0.3, -0.25) is 0 Å². The summed E-state index contributed by atoms with van der Waals surface area (Å²) in [4.78, 5) is 0. The van der Waals surface area contributed by atoms with Gasteiger partial charge in [-0.15, -0.1) is 0 Å². The Balaban J connectivity index is 1.81. The van der Waals surface area contributed by atoms with Crippen LogP contribution in [0, 0.1) is 0 Å². The highest BCUT2D eigenvalue weighted by Gasteiger charge is 1.96. The Hall–Kier alpha value is -1.26. The van der Waals surface area contributed by atoms with Crippen molar-refractivity contribution in [3.05, 3.63) is 24.3 Å². The lowest BCUT2D eigenvalue weighted by atomic mass is 10.1. The van der Waals surface area contributed by atoms with E-state index in [4.69, 9.17) is 14.9 Å². The average molecular weight is 309 g/mol. The fourth-order valence-electron chi connectivity index (χ4n) is 2.23. The van der Waals surface area contributed by atoms with Crippen molar-refractivity contribution < 1.29 is 14.9 Å². The number of hydrogen-bond acceptors (Lipinski definition) is 4. The van der Waals surface area contributed by atoms with Crippen LogP contribution in [0.2, 0.25) is 0 Å². The van der Waals surface area contributed by atoms with Crippen LogP contribution in [-0.2, 0) is 0 Å². The second-order valence-corrected chi connectivity index (χ2v) is 5.85. The maximum Gasteiger partial charge on any atom is 0.119 e. The third kappa shape index (κ3) is 10.5. The van der Waals surface area contributed by atoms with Gasteiger partial charge >= 0.3 is 0 Å². The molecule has 0 radical (unpaired) electrons. The Bertz CT molecular complexity index is 365. The van der Waals surface area contributed by atoms with E-state index < -0.39 is 0 Å². The summed E-state index contributed by atoms with van der Waals surface area (Å²) < 4.78 is 5.61. The Labute approximate surface area is 134 Å². The average Bonchev–Trinajstić information content (AvgIpc) is 2.50. The Morgan fingerprint density at radius 1 is 0.955 bits per heavy atom. The number of hydrogen-bond donors (Lipinski definition) is 3. The summed E-state index contributed by atoms with van der Waals surface area (Å²) in [6.45, 7) is 4.53. The third-order valence-corrected chi connectivity index (χ3v) is 3.59. The first-order chi connectivity index (χ1) is 10.7. The summed E-state index contributed by atoms with van der Waals surface area (Å²) >= 11 is 0. The van der Waals surface area contributed by atoms with Gasteiger partial charge in [0.05, 0.1) is 12.7 Å². The van der Waals surface area contributed by atoms with Crippen molar-refractivity contribution in [1.29, 1.82) is 0 Å². The quantitative estimate of drug-likeness (QED) is 0.488. The van der Waals surface area contributed by atoms with Crippen LogP contribution >= 0.6 is 0 Å². The van der Waals surface area contributed by atoms with Gasteiger partial charge in [0.15, 0.2) is 0 Å². The van der Waals surface area contributed by atoms with Crippen LogP contribution in [0.15, 0.2) is 24.3 Å². The maximum absolute atomic E-state index is 9.17. The summed E-state index contributed by atoms with van der Waals surface area (Å²) in [5.41, 5.74) is 0. The van der Waals surface area contributed by atoms with Crippen LogP contribution in [0.25, 0.3) is 0 Å². The number of aliphatic hydroxyl groups excluding tert-OH is 1. The van der Waals surface area contributed by atoms with Gasteiger partial charge in [-0.1, -0.05) is 25.7 Å². The highest BCUT2D eigenvalue weighted by molar-refractivity contribution is 5.29. The molecule has 0 amide bonds. The zero-order valence-electron chi connectivity index (χ0n) is 13.8. The van der Waals surface area contributed by atoms with E-state index >= 15 is 0 Å². The number of aliphatic hydroxyl groups is 1. The van der Waals surface area contributed by atoms with E-state index in [0.29, 0.717) is 0 Å². The van der Waals surface area contributed by atoms with Crippen molar-refractivity contribution in [3.8, 4) is 11.5 Å². The first kappa shape index (κ1) is 18.8. The lowest BCUT2D eigenvalue weighted by molar-refractivity contribution is 0.184. The number of rotatable bonds is 13. The fourth-order valence-corrected chi connectivity index (χ4v) is 2.23. The fraction of sp³-hybridized carbons (Fsp3) is 0.667. The Morgan fingerprint density at radius 3 is 2.27 bits per heavy atom. The molecule has 1 aromatic carbocycles. The molecular weight excluding hydrogens is 278 g/mol. The summed E-state index contributed by atoms with van der Waals surface area (Å²) in [5.74, 6) is 1.09. The molecule has 0 aromatic heterocycles. The van der Waals surface area contributed by atoms with E-state index in [0.717, 1.165) is 38.3 Å². The van der Waals surface area contributed by atoms with E-state index in [2.05, 4.69) is 5.32 Å². The molecule has 1 rings (SSSR count). The van der Waals surface area contributed by atoms with Crippen molar-refractivity contribution in [2.45, 2.75) is 58.0 Å². The molecule has 0 aliphatic rings.